The Hall–Kier alpha value is -2.53. The third kappa shape index (κ3) is 3.71. The summed E-state index contributed by atoms with van der Waals surface area (Å²) in [6, 6.07) is 2.34. The van der Waals surface area contributed by atoms with Crippen LogP contribution in [0.4, 0.5) is 18.9 Å². The number of aliphatic imine (C=N–C) groups is 2. The molecule has 2 aliphatic heterocycles. The van der Waals surface area contributed by atoms with Crippen LogP contribution in [-0.2, 0) is 4.79 Å². The lowest BCUT2D eigenvalue weighted by Gasteiger charge is -2.45. The van der Waals surface area contributed by atoms with E-state index in [4.69, 9.17) is 32.5 Å². The highest BCUT2D eigenvalue weighted by atomic mass is 35.5. The molecular formula is C17H19ClF3N5O3. The fourth-order valence-electron chi connectivity index (χ4n) is 3.13. The Balaban J connectivity index is 2.27. The van der Waals surface area contributed by atoms with Gasteiger partial charge >= 0.3 is 0 Å². The van der Waals surface area contributed by atoms with E-state index in [9.17, 15) is 13.6 Å². The fourth-order valence-corrected chi connectivity index (χ4v) is 3.20. The molecule has 2 aliphatic rings. The topological polar surface area (TPSA) is 116 Å². The molecular weight excluding hydrogens is 415 g/mol. The van der Waals surface area contributed by atoms with Crippen molar-refractivity contribution in [2.75, 3.05) is 11.7 Å². The maximum atomic E-state index is 15.1. The molecule has 8 nitrogen and oxygen atoms in total. The Morgan fingerprint density at radius 3 is 2.59 bits per heavy atom. The summed E-state index contributed by atoms with van der Waals surface area (Å²) in [6.45, 7) is 2.89. The van der Waals surface area contributed by atoms with Gasteiger partial charge in [-0.2, -0.15) is 4.99 Å². The lowest BCUT2D eigenvalue weighted by atomic mass is 9.96. The van der Waals surface area contributed by atoms with Crippen LogP contribution in [0, 0.1) is 5.82 Å². The van der Waals surface area contributed by atoms with E-state index in [1.165, 1.54) is 6.07 Å². The molecule has 0 bridgehead atoms. The van der Waals surface area contributed by atoms with E-state index < -0.39 is 46.4 Å². The number of nitrogens with two attached hydrogens (primary N) is 2. The van der Waals surface area contributed by atoms with Crippen LogP contribution in [0.3, 0.4) is 0 Å². The summed E-state index contributed by atoms with van der Waals surface area (Å²) >= 11 is 5.34. The van der Waals surface area contributed by atoms with Crippen molar-refractivity contribution in [1.82, 2.24) is 0 Å². The molecule has 4 N–H and O–H groups in total. The number of carbonyl (C=O) groups is 1. The minimum atomic E-state index is -2.70. The zero-order valence-electron chi connectivity index (χ0n) is 15.8. The minimum Gasteiger partial charge on any atom is -0.454 e. The molecule has 0 spiro atoms. The number of amidine groups is 1. The fraction of sp³-hybridized carbons (Fsp3) is 0.471. The second kappa shape index (κ2) is 6.77. The van der Waals surface area contributed by atoms with Gasteiger partial charge in [-0.1, -0.05) is 0 Å². The maximum absolute atomic E-state index is 15.1. The van der Waals surface area contributed by atoms with Gasteiger partial charge in [0.2, 0.25) is 12.8 Å². The van der Waals surface area contributed by atoms with Crippen LogP contribution in [0.15, 0.2) is 22.1 Å². The number of guanidine groups is 1. The Bertz CT molecular complexity index is 932. The van der Waals surface area contributed by atoms with E-state index in [0.717, 1.165) is 31.7 Å². The van der Waals surface area contributed by atoms with E-state index in [-0.39, 0.29) is 24.0 Å². The second-order valence-corrected chi connectivity index (χ2v) is 7.71. The van der Waals surface area contributed by atoms with Crippen molar-refractivity contribution in [2.45, 2.75) is 44.3 Å². The number of fused-ring (bicyclic) bond motifs is 1. The van der Waals surface area contributed by atoms with Crippen LogP contribution in [0.2, 0.25) is 0 Å². The van der Waals surface area contributed by atoms with Crippen LogP contribution >= 0.6 is 11.6 Å². The van der Waals surface area contributed by atoms with Gasteiger partial charge in [0.25, 0.3) is 5.24 Å². The van der Waals surface area contributed by atoms with E-state index in [2.05, 4.69) is 9.98 Å². The minimum absolute atomic E-state index is 0.106. The summed E-state index contributed by atoms with van der Waals surface area (Å²) in [5, 5.41) is -1.36. The van der Waals surface area contributed by atoms with Gasteiger partial charge in [0.1, 0.15) is 5.69 Å². The predicted molar refractivity (Wildman–Crippen MR) is 101 cm³/mol. The largest absolute Gasteiger partial charge is 0.454 e. The molecule has 0 saturated heterocycles. The molecule has 2 unspecified atom stereocenters. The Kier molecular flexibility index (Phi) is 4.94. The summed E-state index contributed by atoms with van der Waals surface area (Å²) in [5.41, 5.74) is 6.67. The summed E-state index contributed by atoms with van der Waals surface area (Å²) in [6.07, 6.45) is -0.887. The van der Waals surface area contributed by atoms with Crippen molar-refractivity contribution in [2.24, 2.45) is 21.5 Å². The van der Waals surface area contributed by atoms with Gasteiger partial charge in [0.05, 0.1) is 0 Å². The number of alkyl halides is 2. The van der Waals surface area contributed by atoms with Crippen molar-refractivity contribution in [1.29, 1.82) is 0 Å². The summed E-state index contributed by atoms with van der Waals surface area (Å²) in [5.74, 6) is -4.06. The Labute approximate surface area is 169 Å². The van der Waals surface area contributed by atoms with E-state index in [1.54, 1.807) is 0 Å². The predicted octanol–water partition coefficient (Wildman–Crippen LogP) is 2.33. The van der Waals surface area contributed by atoms with Gasteiger partial charge in [0.15, 0.2) is 40.3 Å². The number of benzene rings is 1. The van der Waals surface area contributed by atoms with E-state index >= 15 is 4.39 Å². The summed E-state index contributed by atoms with van der Waals surface area (Å²) in [7, 11) is 0. The van der Waals surface area contributed by atoms with E-state index in [1.807, 2.05) is 0 Å². The quantitative estimate of drug-likeness (QED) is 0.688. The number of hydrogen-bond acceptors (Lipinski definition) is 8. The number of anilines is 1. The summed E-state index contributed by atoms with van der Waals surface area (Å²) < 4.78 is 55.5. The van der Waals surface area contributed by atoms with Crippen molar-refractivity contribution < 1.29 is 27.4 Å². The highest BCUT2D eigenvalue weighted by Gasteiger charge is 2.52. The third-order valence-electron chi connectivity index (χ3n) is 4.35. The van der Waals surface area contributed by atoms with Crippen LogP contribution in [-0.4, -0.2) is 41.0 Å². The maximum Gasteiger partial charge on any atom is 0.258 e. The SMILES string of the molecule is CC(C)(F)C1=NC(N)=NC(N)(CC(C)(F)C(=O)Cl)N1c1c(F)ccc2c1OCO2. The first kappa shape index (κ1) is 21.2. The van der Waals surface area contributed by atoms with Crippen molar-refractivity contribution in [3.63, 3.8) is 0 Å². The first-order valence-electron chi connectivity index (χ1n) is 8.46. The van der Waals surface area contributed by atoms with Crippen LogP contribution in [0.5, 0.6) is 11.5 Å². The third-order valence-corrected chi connectivity index (χ3v) is 4.74. The zero-order chi connectivity index (χ0) is 21.8. The Morgan fingerprint density at radius 2 is 2.00 bits per heavy atom. The van der Waals surface area contributed by atoms with E-state index in [0.29, 0.717) is 0 Å². The number of hydrogen-bond donors (Lipinski definition) is 2. The molecule has 29 heavy (non-hydrogen) atoms. The molecule has 1 aromatic carbocycles. The highest BCUT2D eigenvalue weighted by Crippen LogP contribution is 2.47. The molecule has 0 amide bonds. The van der Waals surface area contributed by atoms with Gasteiger partial charge in [0, 0.05) is 6.42 Å². The standard InChI is InChI=1S/C17H19ClF3N5O3/c1-15(2,20)13-24-14(22)25-17(23,6-16(3,21)12(18)27)26(13)10-8(19)4-5-9-11(10)29-7-28-9/h4-5H,6-7,23H2,1-3H3,(H2,22,25). The van der Waals surface area contributed by atoms with Crippen molar-refractivity contribution in [3.8, 4) is 11.5 Å². The lowest BCUT2D eigenvalue weighted by Crippen LogP contribution is -2.66. The molecule has 0 aromatic heterocycles. The molecule has 12 heteroatoms. The molecule has 158 valence electrons. The second-order valence-electron chi connectivity index (χ2n) is 7.37. The molecule has 0 fully saturated rings. The number of ether oxygens (including phenoxy) is 2. The average molecular weight is 434 g/mol. The Morgan fingerprint density at radius 1 is 1.34 bits per heavy atom. The van der Waals surface area contributed by atoms with Gasteiger partial charge in [-0.25, -0.2) is 18.2 Å². The monoisotopic (exact) mass is 433 g/mol. The van der Waals surface area contributed by atoms with Gasteiger partial charge < -0.3 is 15.2 Å². The number of carbonyl (C=O) groups excluding carboxylic acids is 1. The normalized spacial score (nSPS) is 23.4. The molecule has 0 radical (unpaired) electrons. The smallest absolute Gasteiger partial charge is 0.258 e. The molecule has 0 saturated carbocycles. The van der Waals surface area contributed by atoms with Crippen LogP contribution in [0.1, 0.15) is 27.2 Å². The lowest BCUT2D eigenvalue weighted by molar-refractivity contribution is -0.122. The molecule has 2 heterocycles. The van der Waals surface area contributed by atoms with Gasteiger partial charge in [-0.05, 0) is 44.5 Å². The number of halogens is 4. The number of rotatable bonds is 5. The van der Waals surface area contributed by atoms with Crippen molar-refractivity contribution in [3.05, 3.63) is 17.9 Å². The van der Waals surface area contributed by atoms with Crippen molar-refractivity contribution >= 4 is 34.3 Å². The van der Waals surface area contributed by atoms with Gasteiger partial charge in [-0.3, -0.25) is 15.4 Å². The molecule has 0 aliphatic carbocycles. The average Bonchev–Trinajstić information content (AvgIpc) is 3.02. The molecule has 3 rings (SSSR count). The first-order chi connectivity index (χ1) is 13.3. The van der Waals surface area contributed by atoms with Crippen LogP contribution < -0.4 is 25.8 Å². The first-order valence-corrected chi connectivity index (χ1v) is 8.83. The summed E-state index contributed by atoms with van der Waals surface area (Å²) in [4.78, 5) is 20.1. The molecule has 1 aromatic rings. The highest BCUT2D eigenvalue weighted by molar-refractivity contribution is 6.65. The van der Waals surface area contributed by atoms with Gasteiger partial charge in [-0.15, -0.1) is 0 Å². The van der Waals surface area contributed by atoms with Crippen LogP contribution in [0.25, 0.3) is 0 Å². The number of nitrogens with zero attached hydrogens (tertiary/aromatic N) is 3. The zero-order valence-corrected chi connectivity index (χ0v) is 16.6. The molecule has 2 atom stereocenters.